The molecule has 1 amide bonds. The number of hydrogen-bond acceptors (Lipinski definition) is 3. The summed E-state index contributed by atoms with van der Waals surface area (Å²) in [6.45, 7) is 1.42. The number of amides is 1. The lowest BCUT2D eigenvalue weighted by molar-refractivity contribution is 0.202. The molecule has 0 N–H and O–H groups in total. The van der Waals surface area contributed by atoms with Gasteiger partial charge in [0, 0.05) is 26.1 Å². The van der Waals surface area contributed by atoms with Crippen LogP contribution in [0.1, 0.15) is 24.6 Å². The molecule has 82 valence electrons. The van der Waals surface area contributed by atoms with Gasteiger partial charge in [-0.1, -0.05) is 0 Å². The van der Waals surface area contributed by atoms with Crippen LogP contribution in [0.2, 0.25) is 0 Å². The Morgan fingerprint density at radius 3 is 2.67 bits per heavy atom. The molecule has 5 nitrogen and oxygen atoms in total. The largest absolute Gasteiger partial charge is 0.329 e. The van der Waals surface area contributed by atoms with Gasteiger partial charge in [-0.05, 0) is 24.4 Å². The second-order valence-electron chi connectivity index (χ2n) is 3.81. The standard InChI is InChI=1S/C9H13ClN4O/c1-13-6-11-12-8(13)7-2-4-14(5-3-7)9(10)15/h6-7H,2-5H2,1H3. The minimum atomic E-state index is -0.355. The second-order valence-corrected chi connectivity index (χ2v) is 4.14. The van der Waals surface area contributed by atoms with Crippen LogP contribution in [-0.4, -0.2) is 38.1 Å². The van der Waals surface area contributed by atoms with Crippen molar-refractivity contribution in [3.8, 4) is 0 Å². The van der Waals surface area contributed by atoms with E-state index in [1.807, 2.05) is 11.6 Å². The smallest absolute Gasteiger partial charge is 0.316 e. The summed E-state index contributed by atoms with van der Waals surface area (Å²) >= 11 is 5.41. The van der Waals surface area contributed by atoms with Crippen LogP contribution in [0.4, 0.5) is 4.79 Å². The van der Waals surface area contributed by atoms with Gasteiger partial charge in [-0.3, -0.25) is 4.79 Å². The maximum absolute atomic E-state index is 10.9. The highest BCUT2D eigenvalue weighted by Gasteiger charge is 2.25. The molecule has 0 atom stereocenters. The predicted octanol–water partition coefficient (Wildman–Crippen LogP) is 1.35. The zero-order chi connectivity index (χ0) is 10.8. The summed E-state index contributed by atoms with van der Waals surface area (Å²) in [5.41, 5.74) is 0. The van der Waals surface area contributed by atoms with E-state index in [2.05, 4.69) is 10.2 Å². The van der Waals surface area contributed by atoms with Crippen molar-refractivity contribution in [1.29, 1.82) is 0 Å². The fourth-order valence-corrected chi connectivity index (χ4v) is 2.14. The third-order valence-electron chi connectivity index (χ3n) is 2.86. The van der Waals surface area contributed by atoms with Gasteiger partial charge >= 0.3 is 5.37 Å². The maximum Gasteiger partial charge on any atom is 0.316 e. The number of rotatable bonds is 1. The number of carbonyl (C=O) groups is 1. The molecule has 6 heteroatoms. The first-order chi connectivity index (χ1) is 7.18. The SMILES string of the molecule is Cn1cnnc1C1CCN(C(=O)Cl)CC1. The third-order valence-corrected chi connectivity index (χ3v) is 3.09. The van der Waals surface area contributed by atoms with Crippen molar-refractivity contribution < 1.29 is 4.79 Å². The maximum atomic E-state index is 10.9. The van der Waals surface area contributed by atoms with E-state index in [9.17, 15) is 4.79 Å². The lowest BCUT2D eigenvalue weighted by Crippen LogP contribution is -2.35. The van der Waals surface area contributed by atoms with Crippen LogP contribution in [-0.2, 0) is 7.05 Å². The van der Waals surface area contributed by atoms with Gasteiger partial charge in [-0.25, -0.2) is 0 Å². The summed E-state index contributed by atoms with van der Waals surface area (Å²) in [7, 11) is 1.94. The summed E-state index contributed by atoms with van der Waals surface area (Å²) in [6, 6.07) is 0. The summed E-state index contributed by atoms with van der Waals surface area (Å²) in [4.78, 5) is 12.6. The number of carbonyl (C=O) groups excluding carboxylic acids is 1. The van der Waals surface area contributed by atoms with E-state index in [4.69, 9.17) is 11.6 Å². The highest BCUT2D eigenvalue weighted by atomic mass is 35.5. The Kier molecular flexibility index (Phi) is 2.90. The van der Waals surface area contributed by atoms with E-state index in [0.717, 1.165) is 18.7 Å². The first-order valence-electron chi connectivity index (χ1n) is 4.97. The van der Waals surface area contributed by atoms with Gasteiger partial charge in [0.25, 0.3) is 0 Å². The third kappa shape index (κ3) is 2.12. The van der Waals surface area contributed by atoms with Gasteiger partial charge in [0.05, 0.1) is 0 Å². The Labute approximate surface area is 93.0 Å². The van der Waals surface area contributed by atoms with Crippen molar-refractivity contribution >= 4 is 17.0 Å². The van der Waals surface area contributed by atoms with Crippen molar-refractivity contribution in [2.45, 2.75) is 18.8 Å². The van der Waals surface area contributed by atoms with E-state index in [0.29, 0.717) is 19.0 Å². The molecule has 0 unspecified atom stereocenters. The Bertz CT molecular complexity index is 357. The summed E-state index contributed by atoms with van der Waals surface area (Å²) in [6.07, 6.45) is 3.52. The summed E-state index contributed by atoms with van der Waals surface area (Å²) in [5, 5.41) is 7.59. The van der Waals surface area contributed by atoms with Gasteiger partial charge in [0.2, 0.25) is 0 Å². The Morgan fingerprint density at radius 2 is 2.20 bits per heavy atom. The first-order valence-corrected chi connectivity index (χ1v) is 5.34. The molecule has 15 heavy (non-hydrogen) atoms. The number of aromatic nitrogens is 3. The number of likely N-dealkylation sites (tertiary alicyclic amines) is 1. The van der Waals surface area contributed by atoms with Crippen LogP contribution in [0, 0.1) is 0 Å². The van der Waals surface area contributed by atoms with Crippen LogP contribution in [0.15, 0.2) is 6.33 Å². The van der Waals surface area contributed by atoms with Crippen LogP contribution in [0.3, 0.4) is 0 Å². The predicted molar refractivity (Wildman–Crippen MR) is 55.8 cm³/mol. The number of hydrogen-bond donors (Lipinski definition) is 0. The number of aryl methyl sites for hydroxylation is 1. The fraction of sp³-hybridized carbons (Fsp3) is 0.667. The molecule has 0 aliphatic carbocycles. The fourth-order valence-electron chi connectivity index (χ4n) is 1.98. The molecule has 0 radical (unpaired) electrons. The molecule has 1 saturated heterocycles. The van der Waals surface area contributed by atoms with Crippen LogP contribution in [0.5, 0.6) is 0 Å². The highest BCUT2D eigenvalue weighted by molar-refractivity contribution is 6.62. The van der Waals surface area contributed by atoms with Gasteiger partial charge in [0.1, 0.15) is 12.2 Å². The Balaban J connectivity index is 2.00. The average molecular weight is 229 g/mol. The molecule has 0 bridgehead atoms. The molecule has 1 aromatic rings. The summed E-state index contributed by atoms with van der Waals surface area (Å²) < 4.78 is 1.93. The zero-order valence-electron chi connectivity index (χ0n) is 8.56. The molecule has 1 aliphatic heterocycles. The number of nitrogens with zero attached hydrogens (tertiary/aromatic N) is 4. The number of halogens is 1. The monoisotopic (exact) mass is 228 g/mol. The van der Waals surface area contributed by atoms with Crippen LogP contribution >= 0.6 is 11.6 Å². The molecule has 0 aromatic carbocycles. The van der Waals surface area contributed by atoms with E-state index in [1.54, 1.807) is 11.2 Å². The molecular formula is C9H13ClN4O. The van der Waals surface area contributed by atoms with Crippen molar-refractivity contribution in [3.63, 3.8) is 0 Å². The molecular weight excluding hydrogens is 216 g/mol. The summed E-state index contributed by atoms with van der Waals surface area (Å²) in [5.74, 6) is 1.39. The highest BCUT2D eigenvalue weighted by Crippen LogP contribution is 2.26. The zero-order valence-corrected chi connectivity index (χ0v) is 9.31. The minimum absolute atomic E-state index is 0.355. The molecule has 1 aromatic heterocycles. The molecule has 2 heterocycles. The van der Waals surface area contributed by atoms with Crippen LogP contribution < -0.4 is 0 Å². The van der Waals surface area contributed by atoms with Crippen LogP contribution in [0.25, 0.3) is 0 Å². The molecule has 2 rings (SSSR count). The van der Waals surface area contributed by atoms with E-state index < -0.39 is 0 Å². The lowest BCUT2D eigenvalue weighted by Gasteiger charge is -2.29. The molecule has 1 aliphatic rings. The molecule has 0 spiro atoms. The topological polar surface area (TPSA) is 51.0 Å². The van der Waals surface area contributed by atoms with Crippen molar-refractivity contribution in [2.75, 3.05) is 13.1 Å². The normalized spacial score (nSPS) is 18.1. The van der Waals surface area contributed by atoms with Crippen molar-refractivity contribution in [2.24, 2.45) is 7.05 Å². The van der Waals surface area contributed by atoms with Gasteiger partial charge in [-0.2, -0.15) is 0 Å². The average Bonchev–Trinajstić information content (AvgIpc) is 2.65. The minimum Gasteiger partial charge on any atom is -0.329 e. The number of piperidine rings is 1. The lowest BCUT2D eigenvalue weighted by atomic mass is 9.96. The van der Waals surface area contributed by atoms with Gasteiger partial charge < -0.3 is 9.47 Å². The molecule has 1 fully saturated rings. The van der Waals surface area contributed by atoms with E-state index in [-0.39, 0.29) is 5.37 Å². The van der Waals surface area contributed by atoms with E-state index in [1.165, 1.54) is 0 Å². The van der Waals surface area contributed by atoms with Crippen molar-refractivity contribution in [3.05, 3.63) is 12.2 Å². The van der Waals surface area contributed by atoms with E-state index >= 15 is 0 Å². The molecule has 0 saturated carbocycles. The Hall–Kier alpha value is -1.10. The van der Waals surface area contributed by atoms with Crippen molar-refractivity contribution in [1.82, 2.24) is 19.7 Å². The van der Waals surface area contributed by atoms with Gasteiger partial charge in [0.15, 0.2) is 0 Å². The second kappa shape index (κ2) is 4.18. The Morgan fingerprint density at radius 1 is 1.53 bits per heavy atom. The first kappa shape index (κ1) is 10.4. The quantitative estimate of drug-likeness (QED) is 0.539. The van der Waals surface area contributed by atoms with Gasteiger partial charge in [-0.15, -0.1) is 10.2 Å².